The van der Waals surface area contributed by atoms with Crippen molar-refractivity contribution in [1.82, 2.24) is 15.5 Å². The van der Waals surface area contributed by atoms with Gasteiger partial charge in [-0.15, -0.1) is 0 Å². The van der Waals surface area contributed by atoms with Gasteiger partial charge in [-0.05, 0) is 71.9 Å². The first-order valence-corrected chi connectivity index (χ1v) is 15.7. The molecule has 47 heavy (non-hydrogen) atoms. The third-order valence-electron chi connectivity index (χ3n) is 7.45. The Labute approximate surface area is 276 Å². The van der Waals surface area contributed by atoms with Gasteiger partial charge in [0, 0.05) is 18.0 Å². The van der Waals surface area contributed by atoms with E-state index in [1.807, 2.05) is 37.3 Å². The minimum Gasteiger partial charge on any atom is -0.507 e. The van der Waals surface area contributed by atoms with Crippen LogP contribution in [0.15, 0.2) is 48.5 Å². The lowest BCUT2D eigenvalue weighted by molar-refractivity contribution is -0.159. The molecule has 0 heterocycles. The Hall–Kier alpha value is -4.61. The first kappa shape index (κ1) is 36.9. The minimum atomic E-state index is -1.48. The number of hydrogen-bond donors (Lipinski definition) is 4. The summed E-state index contributed by atoms with van der Waals surface area (Å²) in [7, 11) is 0. The third kappa shape index (κ3) is 10.7. The Kier molecular flexibility index (Phi) is 11.7. The topological polar surface area (TPSA) is 177 Å². The number of aryl methyl sites for hydroxylation is 1. The van der Waals surface area contributed by atoms with E-state index in [4.69, 9.17) is 15.2 Å². The van der Waals surface area contributed by atoms with E-state index >= 15 is 0 Å². The van der Waals surface area contributed by atoms with Gasteiger partial charge in [0.05, 0.1) is 6.42 Å². The number of nitrogens with zero attached hydrogens (tertiary/aromatic N) is 1. The maximum Gasteiger partial charge on any atom is 0.408 e. The molecule has 0 aliphatic heterocycles. The monoisotopic (exact) mass is 652 g/mol. The van der Waals surface area contributed by atoms with Crippen molar-refractivity contribution >= 4 is 29.8 Å². The number of para-hydroxylation sites is 1. The lowest BCUT2D eigenvalue weighted by Gasteiger charge is -2.36. The van der Waals surface area contributed by atoms with Crippen LogP contribution in [0.25, 0.3) is 0 Å². The molecule has 2 aromatic rings. The Morgan fingerprint density at radius 3 is 2.04 bits per heavy atom. The normalized spacial score (nSPS) is 17.8. The van der Waals surface area contributed by atoms with E-state index in [-0.39, 0.29) is 23.7 Å². The van der Waals surface area contributed by atoms with Crippen molar-refractivity contribution in [2.24, 2.45) is 11.7 Å². The molecule has 12 nitrogen and oxygen atoms in total. The number of carbonyl (C=O) groups is 5. The number of nitrogens with two attached hydrogens (primary N) is 1. The molecule has 256 valence electrons. The molecule has 4 amide bonds. The number of rotatable bonds is 12. The van der Waals surface area contributed by atoms with Gasteiger partial charge < -0.3 is 35.8 Å². The molecule has 5 N–H and O–H groups in total. The first-order valence-electron chi connectivity index (χ1n) is 15.7. The van der Waals surface area contributed by atoms with Crippen molar-refractivity contribution in [2.45, 2.75) is 110 Å². The van der Waals surface area contributed by atoms with Crippen molar-refractivity contribution in [1.29, 1.82) is 0 Å². The van der Waals surface area contributed by atoms with E-state index in [9.17, 15) is 29.1 Å². The van der Waals surface area contributed by atoms with E-state index in [0.29, 0.717) is 12.0 Å². The molecule has 5 unspecified atom stereocenters. The van der Waals surface area contributed by atoms with Gasteiger partial charge in [-0.2, -0.15) is 0 Å². The second-order valence-corrected chi connectivity index (χ2v) is 14.1. The summed E-state index contributed by atoms with van der Waals surface area (Å²) in [5, 5.41) is 16.5. The van der Waals surface area contributed by atoms with Crippen molar-refractivity contribution in [3.8, 4) is 5.75 Å². The molecular formula is C35H48N4O8. The van der Waals surface area contributed by atoms with E-state index in [1.54, 1.807) is 60.6 Å². The second-order valence-electron chi connectivity index (χ2n) is 14.1. The van der Waals surface area contributed by atoms with Gasteiger partial charge in [-0.25, -0.2) is 9.59 Å². The lowest BCUT2D eigenvalue weighted by atomic mass is 9.97. The van der Waals surface area contributed by atoms with Crippen LogP contribution in [0.1, 0.15) is 84.0 Å². The minimum absolute atomic E-state index is 0.0528. The van der Waals surface area contributed by atoms with Crippen LogP contribution in [0.3, 0.4) is 0 Å². The second kappa shape index (κ2) is 14.9. The van der Waals surface area contributed by atoms with Gasteiger partial charge in [0.25, 0.3) is 0 Å². The number of phenolic OH excluding ortho intramolecular Hbond substituents is 1. The van der Waals surface area contributed by atoms with Crippen LogP contribution in [0.5, 0.6) is 5.75 Å². The number of alkyl carbamates (subject to hydrolysis) is 1. The molecule has 0 aromatic heterocycles. The lowest BCUT2D eigenvalue weighted by Crippen LogP contribution is -2.56. The number of hydrogen-bond acceptors (Lipinski definition) is 8. The van der Waals surface area contributed by atoms with Crippen LogP contribution in [0, 0.1) is 12.8 Å². The molecule has 0 spiro atoms. The third-order valence-corrected chi connectivity index (χ3v) is 7.45. The van der Waals surface area contributed by atoms with Crippen LogP contribution in [-0.2, 0) is 35.1 Å². The predicted octanol–water partition coefficient (Wildman–Crippen LogP) is 3.82. The van der Waals surface area contributed by atoms with Crippen LogP contribution in [0.4, 0.5) is 4.79 Å². The summed E-state index contributed by atoms with van der Waals surface area (Å²) in [4.78, 5) is 68.5. The fraction of sp³-hybridized carbons (Fsp3) is 0.514. The molecule has 12 heteroatoms. The Morgan fingerprint density at radius 1 is 0.915 bits per heavy atom. The van der Waals surface area contributed by atoms with Gasteiger partial charge >= 0.3 is 12.1 Å². The van der Waals surface area contributed by atoms with Crippen molar-refractivity contribution in [3.63, 3.8) is 0 Å². The van der Waals surface area contributed by atoms with E-state index in [0.717, 1.165) is 5.56 Å². The number of phenols is 1. The summed E-state index contributed by atoms with van der Waals surface area (Å²) in [5.74, 6) is -3.36. The van der Waals surface area contributed by atoms with Crippen LogP contribution < -0.4 is 16.4 Å². The molecule has 0 bridgehead atoms. The van der Waals surface area contributed by atoms with Crippen molar-refractivity contribution < 1.29 is 38.6 Å². The standard InChI is InChI=1S/C35H48N4O8/c1-20-13-12-16-23(29(20)41)28(30(42)37-25(32(44)46-34(3,4)5)18-22-14-10-9-11-15-22)39(26-17-21(26)2)31(43)24(19-27(36)40)38-33(45)47-35(6,7)8/h9-16,21,24-26,28,41H,17-19H2,1-8H3,(H2,36,40)(H,37,42)(H,38,45). The largest absolute Gasteiger partial charge is 0.507 e. The van der Waals surface area contributed by atoms with Crippen LogP contribution in [-0.4, -0.2) is 69.1 Å². The highest BCUT2D eigenvalue weighted by Gasteiger charge is 2.49. The number of esters is 1. The summed E-state index contributed by atoms with van der Waals surface area (Å²) in [6, 6.07) is 9.27. The predicted molar refractivity (Wildman–Crippen MR) is 175 cm³/mol. The number of primary amides is 1. The fourth-order valence-corrected chi connectivity index (χ4v) is 5.19. The first-order chi connectivity index (χ1) is 21.8. The number of nitrogens with one attached hydrogen (secondary N) is 2. The maximum atomic E-state index is 14.5. The molecule has 3 rings (SSSR count). The van der Waals surface area contributed by atoms with Crippen LogP contribution >= 0.6 is 0 Å². The molecule has 5 atom stereocenters. The number of amides is 4. The van der Waals surface area contributed by atoms with Gasteiger partial charge in [-0.1, -0.05) is 55.5 Å². The van der Waals surface area contributed by atoms with Gasteiger partial charge in [-0.3, -0.25) is 14.4 Å². The van der Waals surface area contributed by atoms with Gasteiger partial charge in [0.2, 0.25) is 17.7 Å². The quantitative estimate of drug-likeness (QED) is 0.250. The number of aromatic hydroxyl groups is 1. The fourth-order valence-electron chi connectivity index (χ4n) is 5.19. The summed E-state index contributed by atoms with van der Waals surface area (Å²) >= 11 is 0. The molecule has 1 fully saturated rings. The molecule has 1 aliphatic carbocycles. The smallest absolute Gasteiger partial charge is 0.408 e. The van der Waals surface area contributed by atoms with Gasteiger partial charge in [0.1, 0.15) is 35.1 Å². The zero-order valence-electron chi connectivity index (χ0n) is 28.5. The summed E-state index contributed by atoms with van der Waals surface area (Å²) < 4.78 is 11.0. The van der Waals surface area contributed by atoms with Crippen molar-refractivity contribution in [2.75, 3.05) is 0 Å². The number of benzene rings is 2. The molecule has 1 saturated carbocycles. The van der Waals surface area contributed by atoms with E-state index < -0.39 is 71.6 Å². The van der Waals surface area contributed by atoms with E-state index in [1.165, 1.54) is 11.0 Å². The molecule has 1 aliphatic rings. The molecule has 2 aromatic carbocycles. The van der Waals surface area contributed by atoms with Gasteiger partial charge in [0.15, 0.2) is 0 Å². The molecule has 0 saturated heterocycles. The zero-order chi connectivity index (χ0) is 35.3. The highest BCUT2D eigenvalue weighted by Crippen LogP contribution is 2.43. The van der Waals surface area contributed by atoms with Crippen LogP contribution in [0.2, 0.25) is 0 Å². The van der Waals surface area contributed by atoms with E-state index in [2.05, 4.69) is 10.6 Å². The van der Waals surface area contributed by atoms with Crippen molar-refractivity contribution in [3.05, 3.63) is 65.2 Å². The summed E-state index contributed by atoms with van der Waals surface area (Å²) in [5.41, 5.74) is 5.05. The SMILES string of the molecule is Cc1cccc(C(C(=O)NC(Cc2ccccc2)C(=O)OC(C)(C)C)N(C(=O)C(CC(N)=O)NC(=O)OC(C)(C)C)C2CC2C)c1O. The summed E-state index contributed by atoms with van der Waals surface area (Å²) in [6.45, 7) is 13.6. The average molecular weight is 653 g/mol. The maximum absolute atomic E-state index is 14.5. The number of ether oxygens (including phenoxy) is 2. The highest BCUT2D eigenvalue weighted by atomic mass is 16.6. The highest BCUT2D eigenvalue weighted by molar-refractivity contribution is 5.96. The number of carbonyl (C=O) groups excluding carboxylic acids is 5. The molecule has 0 radical (unpaired) electrons. The zero-order valence-corrected chi connectivity index (χ0v) is 28.5. The Balaban J connectivity index is 2.11. The average Bonchev–Trinajstić information content (AvgIpc) is 3.66. The Morgan fingerprint density at radius 2 is 1.51 bits per heavy atom. The summed E-state index contributed by atoms with van der Waals surface area (Å²) in [6.07, 6.45) is -0.921. The Bertz CT molecular complexity index is 1460. The molecular weight excluding hydrogens is 604 g/mol.